The van der Waals surface area contributed by atoms with Gasteiger partial charge in [0.05, 0.1) is 30.7 Å². The SMILES string of the molecule is COc1ccc(-c2nn(CC(=O)N/N=C/c3ccco3)c(=O)c3ccccc23)cc1. The molecule has 0 bridgehead atoms. The first-order valence-corrected chi connectivity index (χ1v) is 9.15. The molecule has 0 aliphatic rings. The van der Waals surface area contributed by atoms with Crippen molar-refractivity contribution >= 4 is 22.9 Å². The number of methoxy groups -OCH3 is 1. The number of hydrogen-bond donors (Lipinski definition) is 1. The Morgan fingerprint density at radius 3 is 2.60 bits per heavy atom. The third kappa shape index (κ3) is 3.97. The number of carbonyl (C=O) groups is 1. The molecule has 150 valence electrons. The number of hydrazone groups is 1. The van der Waals surface area contributed by atoms with Crippen LogP contribution < -0.4 is 15.7 Å². The summed E-state index contributed by atoms with van der Waals surface area (Å²) in [6.07, 6.45) is 2.87. The summed E-state index contributed by atoms with van der Waals surface area (Å²) in [5.74, 6) is 0.728. The van der Waals surface area contributed by atoms with Crippen LogP contribution in [0.5, 0.6) is 5.75 Å². The summed E-state index contributed by atoms with van der Waals surface area (Å²) in [4.78, 5) is 25.1. The summed E-state index contributed by atoms with van der Waals surface area (Å²) in [7, 11) is 1.59. The monoisotopic (exact) mass is 402 g/mol. The van der Waals surface area contributed by atoms with Crippen molar-refractivity contribution in [1.82, 2.24) is 15.2 Å². The van der Waals surface area contributed by atoms with Crippen LogP contribution in [0.15, 0.2) is 81.2 Å². The molecule has 1 amide bonds. The zero-order chi connectivity index (χ0) is 20.9. The fourth-order valence-electron chi connectivity index (χ4n) is 3.01. The molecule has 0 radical (unpaired) electrons. The van der Waals surface area contributed by atoms with Gasteiger partial charge in [0.2, 0.25) is 0 Å². The van der Waals surface area contributed by atoms with E-state index in [4.69, 9.17) is 9.15 Å². The molecule has 4 aromatic rings. The molecule has 4 rings (SSSR count). The van der Waals surface area contributed by atoms with E-state index in [0.29, 0.717) is 28.0 Å². The van der Waals surface area contributed by atoms with Crippen LogP contribution in [-0.2, 0) is 11.3 Å². The average molecular weight is 402 g/mol. The molecule has 0 aliphatic carbocycles. The third-order valence-corrected chi connectivity index (χ3v) is 4.45. The van der Waals surface area contributed by atoms with E-state index in [2.05, 4.69) is 15.6 Å². The molecule has 0 spiro atoms. The number of hydrogen-bond acceptors (Lipinski definition) is 6. The Hall–Kier alpha value is -4.20. The molecule has 8 heteroatoms. The number of carbonyl (C=O) groups excluding carboxylic acids is 1. The number of furan rings is 1. The highest BCUT2D eigenvalue weighted by atomic mass is 16.5. The number of benzene rings is 2. The number of rotatable bonds is 6. The topological polar surface area (TPSA) is 98.7 Å². The molecule has 0 saturated heterocycles. The van der Waals surface area contributed by atoms with Crippen molar-refractivity contribution in [2.75, 3.05) is 7.11 Å². The average Bonchev–Trinajstić information content (AvgIpc) is 3.29. The number of aromatic nitrogens is 2. The molecule has 0 fully saturated rings. The Balaban J connectivity index is 1.66. The Bertz CT molecular complexity index is 1260. The van der Waals surface area contributed by atoms with E-state index >= 15 is 0 Å². The second-order valence-corrected chi connectivity index (χ2v) is 6.39. The smallest absolute Gasteiger partial charge is 0.275 e. The van der Waals surface area contributed by atoms with Gasteiger partial charge in [-0.2, -0.15) is 10.2 Å². The van der Waals surface area contributed by atoms with E-state index in [1.807, 2.05) is 36.4 Å². The normalized spacial score (nSPS) is 11.1. The van der Waals surface area contributed by atoms with Gasteiger partial charge in [0.25, 0.3) is 11.5 Å². The molecule has 2 heterocycles. The fourth-order valence-corrected chi connectivity index (χ4v) is 3.01. The quantitative estimate of drug-likeness (QED) is 0.395. The van der Waals surface area contributed by atoms with Crippen LogP contribution >= 0.6 is 0 Å². The number of ether oxygens (including phenoxy) is 1. The highest BCUT2D eigenvalue weighted by Crippen LogP contribution is 2.26. The van der Waals surface area contributed by atoms with E-state index in [1.165, 1.54) is 12.5 Å². The van der Waals surface area contributed by atoms with Crippen LogP contribution in [-0.4, -0.2) is 29.0 Å². The molecule has 30 heavy (non-hydrogen) atoms. The lowest BCUT2D eigenvalue weighted by molar-refractivity contribution is -0.121. The predicted octanol–water partition coefficient (Wildman–Crippen LogP) is 2.82. The van der Waals surface area contributed by atoms with Crippen LogP contribution in [0.2, 0.25) is 0 Å². The lowest BCUT2D eigenvalue weighted by Crippen LogP contribution is -2.32. The van der Waals surface area contributed by atoms with E-state index in [1.54, 1.807) is 31.4 Å². The number of nitrogens with one attached hydrogen (secondary N) is 1. The highest BCUT2D eigenvalue weighted by Gasteiger charge is 2.14. The van der Waals surface area contributed by atoms with Crippen molar-refractivity contribution in [3.8, 4) is 17.0 Å². The molecular formula is C22H18N4O4. The summed E-state index contributed by atoms with van der Waals surface area (Å²) in [6, 6.07) is 17.9. The van der Waals surface area contributed by atoms with E-state index in [9.17, 15) is 9.59 Å². The minimum Gasteiger partial charge on any atom is -0.497 e. The Kier molecular flexibility index (Phi) is 5.38. The number of nitrogens with zero attached hydrogens (tertiary/aromatic N) is 3. The van der Waals surface area contributed by atoms with E-state index in [0.717, 1.165) is 10.2 Å². The summed E-state index contributed by atoms with van der Waals surface area (Å²) >= 11 is 0. The molecular weight excluding hydrogens is 384 g/mol. The summed E-state index contributed by atoms with van der Waals surface area (Å²) in [5.41, 5.74) is 3.42. The van der Waals surface area contributed by atoms with Crippen LogP contribution in [0.3, 0.4) is 0 Å². The van der Waals surface area contributed by atoms with Gasteiger partial charge in [0.1, 0.15) is 18.1 Å². The molecule has 0 unspecified atom stereocenters. The maximum atomic E-state index is 12.9. The van der Waals surface area contributed by atoms with Crippen molar-refractivity contribution < 1.29 is 13.9 Å². The standard InChI is InChI=1S/C22H18N4O4/c1-29-16-10-8-15(9-11-16)21-18-6-2-3-7-19(18)22(28)26(25-21)14-20(27)24-23-13-17-5-4-12-30-17/h2-13H,14H2,1H3,(H,24,27)/b23-13+. The maximum Gasteiger partial charge on any atom is 0.275 e. The van der Waals surface area contributed by atoms with Crippen LogP contribution in [0.25, 0.3) is 22.0 Å². The summed E-state index contributed by atoms with van der Waals surface area (Å²) in [5, 5.41) is 9.47. The van der Waals surface area contributed by atoms with Gasteiger partial charge in [-0.3, -0.25) is 9.59 Å². The Labute approximate surface area is 171 Å². The van der Waals surface area contributed by atoms with Gasteiger partial charge in [-0.1, -0.05) is 18.2 Å². The van der Waals surface area contributed by atoms with Crippen molar-refractivity contribution in [1.29, 1.82) is 0 Å². The summed E-state index contributed by atoms with van der Waals surface area (Å²) in [6.45, 7) is -0.275. The van der Waals surface area contributed by atoms with Crippen molar-refractivity contribution in [3.05, 3.63) is 83.0 Å². The molecule has 8 nitrogen and oxygen atoms in total. The molecule has 2 aromatic heterocycles. The first kappa shape index (κ1) is 19.1. The van der Waals surface area contributed by atoms with Gasteiger partial charge in [-0.05, 0) is 42.5 Å². The third-order valence-electron chi connectivity index (χ3n) is 4.45. The lowest BCUT2D eigenvalue weighted by atomic mass is 10.0. The Morgan fingerprint density at radius 2 is 1.90 bits per heavy atom. The van der Waals surface area contributed by atoms with Gasteiger partial charge < -0.3 is 9.15 Å². The second-order valence-electron chi connectivity index (χ2n) is 6.39. The second kappa shape index (κ2) is 8.44. The van der Waals surface area contributed by atoms with Gasteiger partial charge in [-0.15, -0.1) is 0 Å². The zero-order valence-corrected chi connectivity index (χ0v) is 16.1. The first-order valence-electron chi connectivity index (χ1n) is 9.15. The van der Waals surface area contributed by atoms with Crippen molar-refractivity contribution in [3.63, 3.8) is 0 Å². The number of amides is 1. The largest absolute Gasteiger partial charge is 0.497 e. The highest BCUT2D eigenvalue weighted by molar-refractivity contribution is 5.94. The van der Waals surface area contributed by atoms with Gasteiger partial charge in [0.15, 0.2) is 0 Å². The van der Waals surface area contributed by atoms with Gasteiger partial charge >= 0.3 is 0 Å². The summed E-state index contributed by atoms with van der Waals surface area (Å²) < 4.78 is 11.4. The van der Waals surface area contributed by atoms with E-state index in [-0.39, 0.29) is 12.1 Å². The molecule has 0 aliphatic heterocycles. The lowest BCUT2D eigenvalue weighted by Gasteiger charge is -2.11. The Morgan fingerprint density at radius 1 is 1.13 bits per heavy atom. The minimum absolute atomic E-state index is 0.275. The van der Waals surface area contributed by atoms with E-state index < -0.39 is 5.91 Å². The van der Waals surface area contributed by atoms with Crippen LogP contribution in [0, 0.1) is 0 Å². The van der Waals surface area contributed by atoms with Gasteiger partial charge in [0, 0.05) is 10.9 Å². The first-order chi connectivity index (χ1) is 14.7. The van der Waals surface area contributed by atoms with Crippen LogP contribution in [0.4, 0.5) is 0 Å². The molecule has 0 atom stereocenters. The van der Waals surface area contributed by atoms with Gasteiger partial charge in [-0.25, -0.2) is 10.1 Å². The van der Waals surface area contributed by atoms with Crippen molar-refractivity contribution in [2.24, 2.45) is 5.10 Å². The zero-order valence-electron chi connectivity index (χ0n) is 16.1. The maximum absolute atomic E-state index is 12.9. The molecule has 1 N–H and O–H groups in total. The molecule has 2 aromatic carbocycles. The van der Waals surface area contributed by atoms with Crippen LogP contribution in [0.1, 0.15) is 5.76 Å². The minimum atomic E-state index is -0.483. The molecule has 0 saturated carbocycles. The fraction of sp³-hybridized carbons (Fsp3) is 0.0909. The predicted molar refractivity (Wildman–Crippen MR) is 112 cm³/mol. The number of fused-ring (bicyclic) bond motifs is 1. The van der Waals surface area contributed by atoms with Crippen molar-refractivity contribution in [2.45, 2.75) is 6.54 Å².